The second-order valence-electron chi connectivity index (χ2n) is 6.64. The molecule has 7 heteroatoms. The Morgan fingerprint density at radius 2 is 1.93 bits per heavy atom. The third-order valence-electron chi connectivity index (χ3n) is 4.77. The van der Waals surface area contributed by atoms with Gasteiger partial charge in [-0.25, -0.2) is 13.4 Å². The van der Waals surface area contributed by atoms with Gasteiger partial charge < -0.3 is 4.42 Å². The normalized spacial score (nSPS) is 18.4. The Morgan fingerprint density at radius 3 is 2.70 bits per heavy atom. The first-order chi connectivity index (χ1) is 13.1. The number of nitrogens with zero attached hydrogens (tertiary/aromatic N) is 3. The molecular formula is C20H21N3O3S. The van der Waals surface area contributed by atoms with Crippen LogP contribution in [0, 0.1) is 0 Å². The van der Waals surface area contributed by atoms with Gasteiger partial charge in [-0.05, 0) is 30.5 Å². The lowest BCUT2D eigenvalue weighted by Gasteiger charge is -2.32. The van der Waals surface area contributed by atoms with Gasteiger partial charge in [-0.1, -0.05) is 36.8 Å². The highest BCUT2D eigenvalue weighted by molar-refractivity contribution is 7.89. The minimum absolute atomic E-state index is 0.202. The lowest BCUT2D eigenvalue weighted by molar-refractivity contribution is 0.216. The van der Waals surface area contributed by atoms with Crippen molar-refractivity contribution >= 4 is 10.0 Å². The van der Waals surface area contributed by atoms with E-state index >= 15 is 0 Å². The summed E-state index contributed by atoms with van der Waals surface area (Å²) in [4.78, 5) is 8.56. The average Bonchev–Trinajstić information content (AvgIpc) is 3.18. The Bertz CT molecular complexity index is 988. The van der Waals surface area contributed by atoms with Crippen LogP contribution in [0.3, 0.4) is 0 Å². The Morgan fingerprint density at radius 1 is 1.07 bits per heavy atom. The molecule has 1 atom stereocenters. The van der Waals surface area contributed by atoms with Gasteiger partial charge in [0, 0.05) is 25.4 Å². The molecule has 140 valence electrons. The van der Waals surface area contributed by atoms with Gasteiger partial charge in [0.1, 0.15) is 16.7 Å². The van der Waals surface area contributed by atoms with Crippen molar-refractivity contribution in [2.24, 2.45) is 0 Å². The van der Waals surface area contributed by atoms with Crippen molar-refractivity contribution < 1.29 is 12.8 Å². The molecule has 0 aliphatic carbocycles. The first kappa shape index (κ1) is 17.9. The van der Waals surface area contributed by atoms with Crippen molar-refractivity contribution in [3.05, 3.63) is 78.3 Å². The molecular weight excluding hydrogens is 362 g/mol. The van der Waals surface area contributed by atoms with E-state index in [0.717, 1.165) is 24.2 Å². The Hall–Kier alpha value is -2.51. The maximum atomic E-state index is 13.1. The molecule has 2 aromatic heterocycles. The number of pyridine rings is 1. The third-order valence-corrected chi connectivity index (χ3v) is 6.66. The molecule has 1 fully saturated rings. The highest BCUT2D eigenvalue weighted by Crippen LogP contribution is 2.35. The highest BCUT2D eigenvalue weighted by atomic mass is 32.2. The van der Waals surface area contributed by atoms with Crippen LogP contribution in [0.15, 0.2) is 70.4 Å². The van der Waals surface area contributed by atoms with Crippen LogP contribution in [0.5, 0.6) is 0 Å². The summed E-state index contributed by atoms with van der Waals surface area (Å²) in [5.41, 5.74) is 1.13. The van der Waals surface area contributed by atoms with E-state index in [-0.39, 0.29) is 10.9 Å². The summed E-state index contributed by atoms with van der Waals surface area (Å²) in [5, 5.41) is 0. The van der Waals surface area contributed by atoms with Gasteiger partial charge in [0.25, 0.3) is 0 Å². The number of aromatic nitrogens is 2. The molecule has 6 nitrogen and oxygen atoms in total. The minimum Gasteiger partial charge on any atom is -0.444 e. The van der Waals surface area contributed by atoms with Crippen molar-refractivity contribution in [3.8, 4) is 0 Å². The molecule has 0 N–H and O–H groups in total. The van der Waals surface area contributed by atoms with E-state index in [9.17, 15) is 8.42 Å². The van der Waals surface area contributed by atoms with E-state index in [4.69, 9.17) is 4.42 Å². The van der Waals surface area contributed by atoms with Crippen molar-refractivity contribution in [2.75, 3.05) is 6.54 Å². The predicted octanol–water partition coefficient (Wildman–Crippen LogP) is 3.58. The van der Waals surface area contributed by atoms with E-state index in [1.165, 1.54) is 10.5 Å². The summed E-state index contributed by atoms with van der Waals surface area (Å²) < 4.78 is 33.6. The van der Waals surface area contributed by atoms with E-state index < -0.39 is 10.0 Å². The van der Waals surface area contributed by atoms with E-state index in [1.807, 2.05) is 30.3 Å². The maximum absolute atomic E-state index is 13.1. The highest BCUT2D eigenvalue weighted by Gasteiger charge is 2.37. The number of benzene rings is 1. The second-order valence-corrected chi connectivity index (χ2v) is 8.53. The number of hydrogen-bond donors (Lipinski definition) is 0. The van der Waals surface area contributed by atoms with E-state index in [1.54, 1.807) is 24.5 Å². The molecule has 0 unspecified atom stereocenters. The van der Waals surface area contributed by atoms with Crippen molar-refractivity contribution in [3.63, 3.8) is 0 Å². The molecule has 0 radical (unpaired) electrons. The third kappa shape index (κ3) is 3.79. The molecule has 0 spiro atoms. The quantitative estimate of drug-likeness (QED) is 0.673. The van der Waals surface area contributed by atoms with Crippen LogP contribution in [-0.4, -0.2) is 29.2 Å². The van der Waals surface area contributed by atoms with E-state index in [2.05, 4.69) is 9.97 Å². The number of sulfonamides is 1. The first-order valence-corrected chi connectivity index (χ1v) is 10.5. The van der Waals surface area contributed by atoms with Gasteiger partial charge in [-0.2, -0.15) is 4.31 Å². The summed E-state index contributed by atoms with van der Waals surface area (Å²) in [7, 11) is -3.64. The monoisotopic (exact) mass is 383 g/mol. The lowest BCUT2D eigenvalue weighted by atomic mass is 10.1. The molecule has 3 heterocycles. The molecule has 0 amide bonds. The zero-order valence-corrected chi connectivity index (χ0v) is 15.7. The summed E-state index contributed by atoms with van der Waals surface area (Å²) >= 11 is 0. The average molecular weight is 383 g/mol. The zero-order valence-electron chi connectivity index (χ0n) is 14.9. The first-order valence-electron chi connectivity index (χ1n) is 9.05. The van der Waals surface area contributed by atoms with Crippen molar-refractivity contribution in [1.29, 1.82) is 0 Å². The lowest BCUT2D eigenvalue weighted by Crippen LogP contribution is -2.38. The topological polar surface area (TPSA) is 76.3 Å². The molecule has 1 aliphatic heterocycles. The van der Waals surface area contributed by atoms with E-state index in [0.29, 0.717) is 25.3 Å². The zero-order chi connectivity index (χ0) is 18.7. The number of rotatable bonds is 5. The standard InChI is InChI=1S/C20H21N3O3S/c24-27(25,18-9-6-11-21-15-18)23-12-5-4-10-19(23)20-22-14-17(26-20)13-16-7-2-1-3-8-16/h1-3,6-9,11,14-15,19H,4-5,10,12-13H2/t19-/m1/s1. The van der Waals surface area contributed by atoms with Crippen LogP contribution in [0.2, 0.25) is 0 Å². The summed E-state index contributed by atoms with van der Waals surface area (Å²) in [6.45, 7) is 0.457. The van der Waals surface area contributed by atoms with Crippen molar-refractivity contribution in [1.82, 2.24) is 14.3 Å². The van der Waals surface area contributed by atoms with Crippen LogP contribution in [0.4, 0.5) is 0 Å². The van der Waals surface area contributed by atoms with Gasteiger partial charge in [0.15, 0.2) is 0 Å². The molecule has 1 aromatic carbocycles. The van der Waals surface area contributed by atoms with Crippen LogP contribution in [-0.2, 0) is 16.4 Å². The van der Waals surface area contributed by atoms with Gasteiger partial charge in [0.2, 0.25) is 15.9 Å². The largest absolute Gasteiger partial charge is 0.444 e. The van der Waals surface area contributed by atoms with Gasteiger partial charge in [0.05, 0.1) is 6.20 Å². The Labute approximate surface area is 158 Å². The molecule has 27 heavy (non-hydrogen) atoms. The molecule has 1 aliphatic rings. The second kappa shape index (κ2) is 7.62. The SMILES string of the molecule is O=S(=O)(c1cccnc1)N1CCCC[C@@H]1c1ncc(Cc2ccccc2)o1. The summed E-state index contributed by atoms with van der Waals surface area (Å²) in [6.07, 6.45) is 7.76. The van der Waals surface area contributed by atoms with Crippen LogP contribution in [0.1, 0.15) is 42.5 Å². The fourth-order valence-electron chi connectivity index (χ4n) is 3.43. The fraction of sp³-hybridized carbons (Fsp3) is 0.300. The number of hydrogen-bond acceptors (Lipinski definition) is 5. The summed E-state index contributed by atoms with van der Waals surface area (Å²) in [6, 6.07) is 12.8. The fourth-order valence-corrected chi connectivity index (χ4v) is 5.05. The molecule has 0 bridgehead atoms. The number of oxazole rings is 1. The Balaban J connectivity index is 1.60. The summed E-state index contributed by atoms with van der Waals surface area (Å²) in [5.74, 6) is 1.20. The predicted molar refractivity (Wildman–Crippen MR) is 100 cm³/mol. The van der Waals surface area contributed by atoms with Crippen LogP contribution < -0.4 is 0 Å². The Kier molecular flexibility index (Phi) is 5.05. The maximum Gasteiger partial charge on any atom is 0.245 e. The van der Waals surface area contributed by atoms with Gasteiger partial charge in [-0.3, -0.25) is 4.98 Å². The van der Waals surface area contributed by atoms with Gasteiger partial charge in [-0.15, -0.1) is 0 Å². The smallest absolute Gasteiger partial charge is 0.245 e. The molecule has 1 saturated heterocycles. The van der Waals surface area contributed by atoms with Crippen molar-refractivity contribution in [2.45, 2.75) is 36.6 Å². The minimum atomic E-state index is -3.64. The molecule has 3 aromatic rings. The van der Waals surface area contributed by atoms with Crippen LogP contribution in [0.25, 0.3) is 0 Å². The number of piperidine rings is 1. The van der Waals surface area contributed by atoms with Gasteiger partial charge >= 0.3 is 0 Å². The molecule has 0 saturated carbocycles. The molecule has 4 rings (SSSR count). The van der Waals surface area contributed by atoms with Crippen LogP contribution >= 0.6 is 0 Å².